The second-order valence-electron chi connectivity index (χ2n) is 4.95. The quantitative estimate of drug-likeness (QED) is 0.684. The van der Waals surface area contributed by atoms with Crippen LogP contribution in [0.1, 0.15) is 34.1 Å². The van der Waals surface area contributed by atoms with Crippen molar-refractivity contribution in [3.05, 3.63) is 0 Å². The summed E-state index contributed by atoms with van der Waals surface area (Å²) < 4.78 is 0. The van der Waals surface area contributed by atoms with Gasteiger partial charge in [0.15, 0.2) is 0 Å². The maximum absolute atomic E-state index is 11.9. The van der Waals surface area contributed by atoms with Gasteiger partial charge in [-0.25, -0.2) is 0 Å². The molecular formula is C11H24N2OS. The minimum atomic E-state index is -0.535. The lowest BCUT2D eigenvalue weighted by Gasteiger charge is -2.36. The van der Waals surface area contributed by atoms with Gasteiger partial charge in [-0.05, 0) is 46.1 Å². The van der Waals surface area contributed by atoms with E-state index < -0.39 is 11.0 Å². The van der Waals surface area contributed by atoms with Crippen LogP contribution in [0, 0.1) is 5.41 Å². The SMILES string of the molecule is CSCCCNC(=O)C(C)(C)C(C)(C)N. The molecule has 0 aromatic rings. The number of nitrogens with one attached hydrogen (secondary N) is 1. The number of nitrogens with two attached hydrogens (primary N) is 1. The number of rotatable bonds is 6. The first-order valence-corrected chi connectivity index (χ1v) is 6.69. The standard InChI is InChI=1S/C11H24N2OS/c1-10(2,11(3,4)12)9(14)13-7-6-8-15-5/h6-8,12H2,1-5H3,(H,13,14). The summed E-state index contributed by atoms with van der Waals surface area (Å²) in [5, 5.41) is 2.93. The van der Waals surface area contributed by atoms with Crippen molar-refractivity contribution in [3.63, 3.8) is 0 Å². The predicted octanol–water partition coefficient (Wildman–Crippen LogP) is 1.62. The molecule has 0 aromatic heterocycles. The molecule has 0 aliphatic carbocycles. The molecule has 0 aliphatic rings. The highest BCUT2D eigenvalue weighted by molar-refractivity contribution is 7.98. The number of thioether (sulfide) groups is 1. The molecule has 0 saturated heterocycles. The van der Waals surface area contributed by atoms with Gasteiger partial charge in [0, 0.05) is 12.1 Å². The second-order valence-corrected chi connectivity index (χ2v) is 5.93. The van der Waals surface area contributed by atoms with Crippen molar-refractivity contribution in [1.29, 1.82) is 0 Å². The van der Waals surface area contributed by atoms with Gasteiger partial charge in [0.05, 0.1) is 5.41 Å². The molecule has 0 aromatic carbocycles. The van der Waals surface area contributed by atoms with Crippen LogP contribution in [-0.4, -0.2) is 30.0 Å². The van der Waals surface area contributed by atoms with Gasteiger partial charge in [-0.2, -0.15) is 11.8 Å². The van der Waals surface area contributed by atoms with Crippen molar-refractivity contribution in [2.24, 2.45) is 11.1 Å². The van der Waals surface area contributed by atoms with E-state index in [9.17, 15) is 4.79 Å². The van der Waals surface area contributed by atoms with E-state index in [0.29, 0.717) is 0 Å². The molecule has 0 radical (unpaired) electrons. The predicted molar refractivity (Wildman–Crippen MR) is 68.1 cm³/mol. The van der Waals surface area contributed by atoms with Gasteiger partial charge in [-0.3, -0.25) is 4.79 Å². The molecule has 0 aliphatic heterocycles. The summed E-state index contributed by atoms with van der Waals surface area (Å²) in [5.74, 6) is 1.11. The third-order valence-electron chi connectivity index (χ3n) is 2.99. The summed E-state index contributed by atoms with van der Waals surface area (Å²) >= 11 is 1.79. The molecule has 15 heavy (non-hydrogen) atoms. The highest BCUT2D eigenvalue weighted by atomic mass is 32.2. The Kier molecular flexibility index (Phi) is 5.67. The van der Waals surface area contributed by atoms with E-state index in [-0.39, 0.29) is 5.91 Å². The zero-order valence-electron chi connectivity index (χ0n) is 10.5. The van der Waals surface area contributed by atoms with Crippen molar-refractivity contribution in [1.82, 2.24) is 5.32 Å². The first-order chi connectivity index (χ1) is 6.73. The minimum absolute atomic E-state index is 0.0381. The number of carbonyl (C=O) groups excluding carboxylic acids is 1. The third-order valence-corrected chi connectivity index (χ3v) is 3.69. The largest absolute Gasteiger partial charge is 0.356 e. The fourth-order valence-corrected chi connectivity index (χ4v) is 1.37. The Morgan fingerprint density at radius 2 is 1.87 bits per heavy atom. The molecule has 3 N–H and O–H groups in total. The Morgan fingerprint density at radius 1 is 1.33 bits per heavy atom. The molecule has 0 heterocycles. The molecular weight excluding hydrogens is 208 g/mol. The van der Waals surface area contributed by atoms with Crippen LogP contribution in [0.3, 0.4) is 0 Å². The molecule has 0 bridgehead atoms. The van der Waals surface area contributed by atoms with Crippen LogP contribution in [0.15, 0.2) is 0 Å². The van der Waals surface area contributed by atoms with Gasteiger partial charge in [0.2, 0.25) is 5.91 Å². The maximum Gasteiger partial charge on any atom is 0.227 e. The second kappa shape index (κ2) is 5.75. The van der Waals surface area contributed by atoms with Crippen molar-refractivity contribution in [3.8, 4) is 0 Å². The highest BCUT2D eigenvalue weighted by Crippen LogP contribution is 2.28. The average molecular weight is 232 g/mol. The fourth-order valence-electron chi connectivity index (χ4n) is 0.932. The van der Waals surface area contributed by atoms with Crippen LogP contribution in [0.2, 0.25) is 0 Å². The number of amides is 1. The lowest BCUT2D eigenvalue weighted by atomic mass is 9.74. The third kappa shape index (κ3) is 4.43. The first kappa shape index (κ1) is 14.8. The molecule has 90 valence electrons. The maximum atomic E-state index is 11.9. The Balaban J connectivity index is 4.10. The smallest absolute Gasteiger partial charge is 0.227 e. The average Bonchev–Trinajstić information content (AvgIpc) is 2.10. The molecule has 0 spiro atoms. The van der Waals surface area contributed by atoms with Gasteiger partial charge in [0.1, 0.15) is 0 Å². The molecule has 0 fully saturated rings. The van der Waals surface area contributed by atoms with E-state index in [1.807, 2.05) is 27.7 Å². The summed E-state index contributed by atoms with van der Waals surface area (Å²) in [5.41, 5.74) is 4.94. The molecule has 1 amide bonds. The summed E-state index contributed by atoms with van der Waals surface area (Å²) in [6.07, 6.45) is 3.07. The Bertz CT molecular complexity index is 209. The monoisotopic (exact) mass is 232 g/mol. The van der Waals surface area contributed by atoms with Crippen LogP contribution in [-0.2, 0) is 4.79 Å². The van der Waals surface area contributed by atoms with Crippen molar-refractivity contribution in [2.45, 2.75) is 39.7 Å². The Morgan fingerprint density at radius 3 is 2.27 bits per heavy atom. The lowest BCUT2D eigenvalue weighted by Crippen LogP contribution is -2.55. The minimum Gasteiger partial charge on any atom is -0.356 e. The lowest BCUT2D eigenvalue weighted by molar-refractivity contribution is -0.132. The van der Waals surface area contributed by atoms with E-state index in [1.165, 1.54) is 0 Å². The van der Waals surface area contributed by atoms with Crippen LogP contribution in [0.25, 0.3) is 0 Å². The van der Waals surface area contributed by atoms with Gasteiger partial charge < -0.3 is 11.1 Å². The van der Waals surface area contributed by atoms with E-state index in [4.69, 9.17) is 5.73 Å². The van der Waals surface area contributed by atoms with E-state index in [1.54, 1.807) is 11.8 Å². The van der Waals surface area contributed by atoms with Crippen LogP contribution in [0.4, 0.5) is 0 Å². The summed E-state index contributed by atoms with van der Waals surface area (Å²) in [6.45, 7) is 8.27. The van der Waals surface area contributed by atoms with Gasteiger partial charge in [0.25, 0.3) is 0 Å². The summed E-state index contributed by atoms with van der Waals surface area (Å²) in [4.78, 5) is 11.9. The molecule has 3 nitrogen and oxygen atoms in total. The number of carbonyl (C=O) groups is 1. The Labute approximate surface area is 97.6 Å². The van der Waals surface area contributed by atoms with Crippen LogP contribution in [0.5, 0.6) is 0 Å². The fraction of sp³-hybridized carbons (Fsp3) is 0.909. The van der Waals surface area contributed by atoms with E-state index >= 15 is 0 Å². The number of hydrogen-bond acceptors (Lipinski definition) is 3. The number of hydrogen-bond donors (Lipinski definition) is 2. The van der Waals surface area contributed by atoms with Crippen LogP contribution >= 0.6 is 11.8 Å². The summed E-state index contributed by atoms with van der Waals surface area (Å²) in [6, 6.07) is 0. The molecule has 0 unspecified atom stereocenters. The highest BCUT2D eigenvalue weighted by Gasteiger charge is 2.39. The van der Waals surface area contributed by atoms with Crippen molar-refractivity contribution >= 4 is 17.7 Å². The van der Waals surface area contributed by atoms with Crippen molar-refractivity contribution < 1.29 is 4.79 Å². The normalized spacial score (nSPS) is 12.7. The summed E-state index contributed by atoms with van der Waals surface area (Å²) in [7, 11) is 0. The molecule has 4 heteroatoms. The molecule has 0 saturated carbocycles. The molecule has 0 atom stereocenters. The van der Waals surface area contributed by atoms with Crippen molar-refractivity contribution in [2.75, 3.05) is 18.6 Å². The topological polar surface area (TPSA) is 55.1 Å². The zero-order valence-corrected chi connectivity index (χ0v) is 11.3. The van der Waals surface area contributed by atoms with Gasteiger partial charge in [-0.1, -0.05) is 0 Å². The van der Waals surface area contributed by atoms with Gasteiger partial charge >= 0.3 is 0 Å². The van der Waals surface area contributed by atoms with Gasteiger partial charge in [-0.15, -0.1) is 0 Å². The Hall–Kier alpha value is -0.220. The molecule has 0 rings (SSSR count). The zero-order chi connectivity index (χ0) is 12.1. The van der Waals surface area contributed by atoms with E-state index in [2.05, 4.69) is 11.6 Å². The van der Waals surface area contributed by atoms with E-state index in [0.717, 1.165) is 18.7 Å². The van der Waals surface area contributed by atoms with Crippen LogP contribution < -0.4 is 11.1 Å². The first-order valence-electron chi connectivity index (χ1n) is 5.29.